The summed E-state index contributed by atoms with van der Waals surface area (Å²) in [6.07, 6.45) is 0. The van der Waals surface area contributed by atoms with Crippen LogP contribution in [0.15, 0.2) is 12.1 Å². The third-order valence-corrected chi connectivity index (χ3v) is 3.60. The molecule has 0 spiro atoms. The number of fused-ring (bicyclic) bond motifs is 1. The van der Waals surface area contributed by atoms with Crippen molar-refractivity contribution in [3.63, 3.8) is 0 Å². The van der Waals surface area contributed by atoms with Gasteiger partial charge < -0.3 is 10.2 Å². The lowest BCUT2D eigenvalue weighted by Crippen LogP contribution is -2.64. The monoisotopic (exact) mass is 247 g/mol. The third kappa shape index (κ3) is 2.03. The molecular formula is C12H17N5O. The van der Waals surface area contributed by atoms with Gasteiger partial charge in [-0.3, -0.25) is 9.69 Å². The number of hydrogen-bond acceptors (Lipinski definition) is 5. The molecule has 1 N–H and O–H groups in total. The average molecular weight is 247 g/mol. The summed E-state index contributed by atoms with van der Waals surface area (Å²) in [5.74, 6) is 0.990. The van der Waals surface area contributed by atoms with Gasteiger partial charge >= 0.3 is 0 Å². The first-order valence-corrected chi connectivity index (χ1v) is 6.31. The van der Waals surface area contributed by atoms with Crippen molar-refractivity contribution in [3.05, 3.63) is 17.8 Å². The molecular weight excluding hydrogens is 230 g/mol. The van der Waals surface area contributed by atoms with Crippen molar-refractivity contribution in [2.45, 2.75) is 13.0 Å². The van der Waals surface area contributed by atoms with Crippen molar-refractivity contribution in [2.24, 2.45) is 0 Å². The summed E-state index contributed by atoms with van der Waals surface area (Å²) in [6, 6.07) is 3.88. The molecule has 0 aromatic carbocycles. The summed E-state index contributed by atoms with van der Waals surface area (Å²) in [7, 11) is 0. The minimum Gasteiger partial charge on any atom is -0.353 e. The number of anilines is 1. The average Bonchev–Trinajstić information content (AvgIpc) is 2.40. The summed E-state index contributed by atoms with van der Waals surface area (Å²) >= 11 is 0. The summed E-state index contributed by atoms with van der Waals surface area (Å²) in [6.45, 7) is 6.14. The van der Waals surface area contributed by atoms with Crippen LogP contribution in [0.1, 0.15) is 5.69 Å². The normalized spacial score (nSPS) is 24.6. The van der Waals surface area contributed by atoms with Crippen LogP contribution in [0.5, 0.6) is 0 Å². The second-order valence-corrected chi connectivity index (χ2v) is 4.82. The van der Waals surface area contributed by atoms with Crippen molar-refractivity contribution in [1.82, 2.24) is 20.4 Å². The Bertz CT molecular complexity index is 446. The molecule has 2 fully saturated rings. The van der Waals surface area contributed by atoms with E-state index < -0.39 is 0 Å². The highest BCUT2D eigenvalue weighted by Gasteiger charge is 2.35. The molecule has 1 aromatic rings. The van der Waals surface area contributed by atoms with E-state index in [1.165, 1.54) is 0 Å². The fourth-order valence-corrected chi connectivity index (χ4v) is 2.55. The zero-order valence-corrected chi connectivity index (χ0v) is 10.5. The van der Waals surface area contributed by atoms with Gasteiger partial charge in [-0.25, -0.2) is 0 Å². The van der Waals surface area contributed by atoms with Crippen molar-refractivity contribution >= 4 is 11.7 Å². The van der Waals surface area contributed by atoms with Crippen LogP contribution in [0.3, 0.4) is 0 Å². The smallest absolute Gasteiger partial charge is 0.239 e. The topological polar surface area (TPSA) is 61.4 Å². The number of rotatable bonds is 1. The lowest BCUT2D eigenvalue weighted by atomic mass is 10.1. The van der Waals surface area contributed by atoms with Crippen LogP contribution in [-0.4, -0.2) is 59.8 Å². The Morgan fingerprint density at radius 3 is 2.94 bits per heavy atom. The Morgan fingerprint density at radius 2 is 2.17 bits per heavy atom. The zero-order valence-electron chi connectivity index (χ0n) is 10.5. The number of hydrogen-bond donors (Lipinski definition) is 1. The fourth-order valence-electron chi connectivity index (χ4n) is 2.55. The predicted molar refractivity (Wildman–Crippen MR) is 67.4 cm³/mol. The first-order valence-electron chi connectivity index (χ1n) is 6.31. The number of aryl methyl sites for hydroxylation is 1. The molecule has 96 valence electrons. The number of amides is 1. The largest absolute Gasteiger partial charge is 0.353 e. The highest BCUT2D eigenvalue weighted by atomic mass is 16.2. The van der Waals surface area contributed by atoms with Gasteiger partial charge in [-0.2, -0.15) is 5.10 Å². The molecule has 3 heterocycles. The molecule has 0 aliphatic carbocycles. The van der Waals surface area contributed by atoms with Crippen molar-refractivity contribution in [3.8, 4) is 0 Å². The predicted octanol–water partition coefficient (Wildman–Crippen LogP) is -0.595. The van der Waals surface area contributed by atoms with Crippen LogP contribution < -0.4 is 10.2 Å². The molecule has 0 saturated carbocycles. The molecule has 1 aromatic heterocycles. The Hall–Kier alpha value is -1.69. The van der Waals surface area contributed by atoms with Crippen LogP contribution in [0, 0.1) is 6.92 Å². The molecule has 3 rings (SSSR count). The standard InChI is InChI=1S/C12H17N5O/c1-9-2-3-11(15-14-9)17-7-6-16-5-4-13-12(18)10(16)8-17/h2-3,10H,4-8H2,1H3,(H,13,18)/t10-/m1/s1. The number of piperazine rings is 2. The van der Waals surface area contributed by atoms with Gasteiger partial charge in [0.25, 0.3) is 0 Å². The van der Waals surface area contributed by atoms with E-state index in [1.807, 2.05) is 19.1 Å². The molecule has 6 nitrogen and oxygen atoms in total. The van der Waals surface area contributed by atoms with Crippen LogP contribution >= 0.6 is 0 Å². The Morgan fingerprint density at radius 1 is 1.28 bits per heavy atom. The first kappa shape index (κ1) is 11.4. The van der Waals surface area contributed by atoms with Crippen molar-refractivity contribution in [1.29, 1.82) is 0 Å². The van der Waals surface area contributed by atoms with E-state index in [0.29, 0.717) is 6.54 Å². The number of carbonyl (C=O) groups is 1. The maximum absolute atomic E-state index is 11.8. The van der Waals surface area contributed by atoms with E-state index >= 15 is 0 Å². The van der Waals surface area contributed by atoms with E-state index in [4.69, 9.17) is 0 Å². The molecule has 0 bridgehead atoms. The van der Waals surface area contributed by atoms with E-state index in [-0.39, 0.29) is 11.9 Å². The van der Waals surface area contributed by atoms with Gasteiger partial charge in [0.15, 0.2) is 5.82 Å². The molecule has 0 unspecified atom stereocenters. The van der Waals surface area contributed by atoms with E-state index in [9.17, 15) is 4.79 Å². The maximum atomic E-state index is 11.8. The Kier molecular flexibility index (Phi) is 2.87. The van der Waals surface area contributed by atoms with Crippen molar-refractivity contribution in [2.75, 3.05) is 37.6 Å². The molecule has 2 aliphatic rings. The van der Waals surface area contributed by atoms with Gasteiger partial charge in [0.05, 0.1) is 5.69 Å². The zero-order chi connectivity index (χ0) is 12.5. The van der Waals surface area contributed by atoms with E-state index in [1.54, 1.807) is 0 Å². The van der Waals surface area contributed by atoms with Crippen LogP contribution in [0.25, 0.3) is 0 Å². The van der Waals surface area contributed by atoms with Crippen LogP contribution in [-0.2, 0) is 4.79 Å². The SMILES string of the molecule is Cc1ccc(N2CCN3CCNC(=O)[C@H]3C2)nn1. The lowest BCUT2D eigenvalue weighted by molar-refractivity contribution is -0.129. The summed E-state index contributed by atoms with van der Waals surface area (Å²) in [5, 5.41) is 11.2. The number of nitrogens with zero attached hydrogens (tertiary/aromatic N) is 4. The van der Waals surface area contributed by atoms with Gasteiger partial charge in [0.1, 0.15) is 6.04 Å². The van der Waals surface area contributed by atoms with E-state index in [2.05, 4.69) is 25.3 Å². The Labute approximate surface area is 106 Å². The highest BCUT2D eigenvalue weighted by molar-refractivity contribution is 5.83. The highest BCUT2D eigenvalue weighted by Crippen LogP contribution is 2.17. The third-order valence-electron chi connectivity index (χ3n) is 3.60. The minimum atomic E-state index is -0.0457. The fraction of sp³-hybridized carbons (Fsp3) is 0.583. The van der Waals surface area contributed by atoms with Gasteiger partial charge in [-0.1, -0.05) is 0 Å². The second-order valence-electron chi connectivity index (χ2n) is 4.82. The number of nitrogens with one attached hydrogen (secondary N) is 1. The summed E-state index contributed by atoms with van der Waals surface area (Å²) in [4.78, 5) is 16.2. The quantitative estimate of drug-likeness (QED) is 0.718. The first-order chi connectivity index (χ1) is 8.74. The molecule has 1 amide bonds. The van der Waals surface area contributed by atoms with Gasteiger partial charge in [0.2, 0.25) is 5.91 Å². The number of carbonyl (C=O) groups excluding carboxylic acids is 1. The maximum Gasteiger partial charge on any atom is 0.239 e. The van der Waals surface area contributed by atoms with E-state index in [0.717, 1.165) is 37.7 Å². The van der Waals surface area contributed by atoms with Crippen LogP contribution in [0.2, 0.25) is 0 Å². The van der Waals surface area contributed by atoms with Crippen molar-refractivity contribution < 1.29 is 4.79 Å². The molecule has 2 saturated heterocycles. The summed E-state index contributed by atoms with van der Waals surface area (Å²) in [5.41, 5.74) is 0.910. The second kappa shape index (κ2) is 4.53. The molecule has 18 heavy (non-hydrogen) atoms. The van der Waals surface area contributed by atoms with Gasteiger partial charge in [-0.05, 0) is 19.1 Å². The minimum absolute atomic E-state index is 0.0457. The molecule has 2 aliphatic heterocycles. The molecule has 6 heteroatoms. The van der Waals surface area contributed by atoms with Gasteiger partial charge in [0, 0.05) is 32.7 Å². The van der Waals surface area contributed by atoms with Gasteiger partial charge in [-0.15, -0.1) is 5.10 Å². The molecule has 1 atom stereocenters. The van der Waals surface area contributed by atoms with Crippen LogP contribution in [0.4, 0.5) is 5.82 Å². The number of aromatic nitrogens is 2. The lowest BCUT2D eigenvalue weighted by Gasteiger charge is -2.43. The summed E-state index contributed by atoms with van der Waals surface area (Å²) < 4.78 is 0. The Balaban J connectivity index is 1.76. The molecule has 0 radical (unpaired) electrons.